The number of rotatable bonds is 6. The van der Waals surface area contributed by atoms with Crippen molar-refractivity contribution in [3.63, 3.8) is 0 Å². The highest BCUT2D eigenvalue weighted by Gasteiger charge is 2.38. The maximum Gasteiger partial charge on any atom is 0.490 e. The average molecular weight is 537 g/mol. The van der Waals surface area contributed by atoms with Crippen molar-refractivity contribution in [2.24, 2.45) is 0 Å². The first-order chi connectivity index (χ1) is 17.9. The van der Waals surface area contributed by atoms with Gasteiger partial charge in [0.25, 0.3) is 5.91 Å². The molecule has 0 unspecified atom stereocenters. The van der Waals surface area contributed by atoms with Gasteiger partial charge in [0.1, 0.15) is 11.5 Å². The number of ether oxygens (including phenoxy) is 3. The Balaban J connectivity index is 0.000000505. The maximum absolute atomic E-state index is 14.7. The number of hydrogen-bond donors (Lipinski definition) is 2. The van der Waals surface area contributed by atoms with Crippen molar-refractivity contribution in [3.8, 4) is 23.0 Å². The number of methoxy groups -OCH3 is 2. The number of carbonyl (C=O) groups excluding carboxylic acids is 1. The fourth-order valence-corrected chi connectivity index (χ4v) is 2.98. The molecule has 0 aliphatic rings. The lowest BCUT2D eigenvalue weighted by molar-refractivity contribution is -0.192. The van der Waals surface area contributed by atoms with Crippen LogP contribution in [0.1, 0.15) is 16.2 Å². The fraction of sp³-hybridized carbons (Fsp3) is 0.167. The number of carboxylic acid groups (broad SMARTS) is 1. The highest BCUT2D eigenvalue weighted by molar-refractivity contribution is 6.02. The number of aromatic nitrogens is 2. The number of halogens is 4. The Hall–Kier alpha value is -4.88. The molecule has 200 valence electrons. The van der Waals surface area contributed by atoms with E-state index in [2.05, 4.69) is 15.5 Å². The van der Waals surface area contributed by atoms with Crippen LogP contribution in [0, 0.1) is 12.7 Å². The van der Waals surface area contributed by atoms with Gasteiger partial charge in [0.05, 0.1) is 19.7 Å². The number of amides is 1. The molecule has 4 rings (SSSR count). The molecule has 1 amide bonds. The second-order valence-corrected chi connectivity index (χ2v) is 7.36. The number of carbonyl (C=O) groups is 2. The second kappa shape index (κ2) is 11.5. The van der Waals surface area contributed by atoms with E-state index in [1.807, 2.05) is 0 Å². The molecule has 38 heavy (non-hydrogen) atoms. The van der Waals surface area contributed by atoms with Crippen molar-refractivity contribution in [2.75, 3.05) is 19.5 Å². The van der Waals surface area contributed by atoms with Crippen LogP contribution in [0.25, 0.3) is 10.9 Å². The predicted molar refractivity (Wildman–Crippen MR) is 124 cm³/mol. The monoisotopic (exact) mass is 537 g/mol. The zero-order chi connectivity index (χ0) is 28.0. The summed E-state index contributed by atoms with van der Waals surface area (Å²) in [5.74, 6) is -2.03. The lowest BCUT2D eigenvalue weighted by Crippen LogP contribution is -2.21. The molecule has 10 nitrogen and oxygen atoms in total. The van der Waals surface area contributed by atoms with Crippen LogP contribution in [0.5, 0.6) is 23.0 Å². The van der Waals surface area contributed by atoms with Gasteiger partial charge in [0, 0.05) is 35.5 Å². The lowest BCUT2D eigenvalue weighted by Gasteiger charge is -2.13. The number of nitrogens with one attached hydrogen (secondary N) is 1. The van der Waals surface area contributed by atoms with Crippen molar-refractivity contribution >= 4 is 28.5 Å². The number of benzene rings is 2. The Kier molecular flexibility index (Phi) is 8.35. The third kappa shape index (κ3) is 6.66. The zero-order valence-electron chi connectivity index (χ0n) is 19.9. The summed E-state index contributed by atoms with van der Waals surface area (Å²) in [4.78, 5) is 25.4. The highest BCUT2D eigenvalue weighted by atomic mass is 19.4. The van der Waals surface area contributed by atoms with Gasteiger partial charge in [-0.3, -0.25) is 9.78 Å². The minimum atomic E-state index is -5.08. The van der Waals surface area contributed by atoms with Crippen LogP contribution in [0.3, 0.4) is 0 Å². The van der Waals surface area contributed by atoms with Crippen LogP contribution in [-0.2, 0) is 4.79 Å². The second-order valence-electron chi connectivity index (χ2n) is 7.36. The molecule has 0 fully saturated rings. The van der Waals surface area contributed by atoms with Crippen molar-refractivity contribution in [1.29, 1.82) is 0 Å². The van der Waals surface area contributed by atoms with Gasteiger partial charge in [0.2, 0.25) is 0 Å². The summed E-state index contributed by atoms with van der Waals surface area (Å²) in [7, 11) is 3.05. The van der Waals surface area contributed by atoms with E-state index in [-0.39, 0.29) is 17.1 Å². The molecule has 2 aromatic carbocycles. The summed E-state index contributed by atoms with van der Waals surface area (Å²) in [6.45, 7) is 1.67. The molecule has 0 saturated carbocycles. The molecule has 0 radical (unpaired) electrons. The fourth-order valence-electron chi connectivity index (χ4n) is 2.98. The molecule has 0 saturated heterocycles. The third-order valence-corrected chi connectivity index (χ3v) is 4.72. The number of hydrogen-bond acceptors (Lipinski definition) is 8. The Morgan fingerprint density at radius 1 is 0.974 bits per heavy atom. The van der Waals surface area contributed by atoms with E-state index in [1.54, 1.807) is 31.3 Å². The summed E-state index contributed by atoms with van der Waals surface area (Å²) in [6.07, 6.45) is -3.53. The molecule has 14 heteroatoms. The first-order valence-corrected chi connectivity index (χ1v) is 10.5. The summed E-state index contributed by atoms with van der Waals surface area (Å²) in [5.41, 5.74) is 0.953. The van der Waals surface area contributed by atoms with Crippen LogP contribution in [0.4, 0.5) is 23.2 Å². The van der Waals surface area contributed by atoms with E-state index in [9.17, 15) is 22.4 Å². The number of aliphatic carboxylic acids is 1. The van der Waals surface area contributed by atoms with E-state index in [1.165, 1.54) is 32.4 Å². The van der Waals surface area contributed by atoms with Crippen molar-refractivity contribution < 1.29 is 51.0 Å². The topological polar surface area (TPSA) is 133 Å². The Morgan fingerprint density at radius 2 is 1.63 bits per heavy atom. The average Bonchev–Trinajstić information content (AvgIpc) is 3.31. The largest absolute Gasteiger partial charge is 0.493 e. The molecular weight excluding hydrogens is 518 g/mol. The standard InChI is InChI=1S/C22H18FN3O5.C2HF3O2/c1-12-8-17(26-31-12)22(27)25-13-4-5-19(15(23)9-13)30-18-6-7-24-16-11-21(29-3)20(28-2)10-14(16)18;3-2(4,5)1(6)7/h4-11H,1-3H3,(H,25,27);(H,6,7). The van der Waals surface area contributed by atoms with Crippen LogP contribution in [-0.4, -0.2) is 47.5 Å². The van der Waals surface area contributed by atoms with Crippen LogP contribution in [0.2, 0.25) is 0 Å². The van der Waals surface area contributed by atoms with E-state index in [0.717, 1.165) is 6.07 Å². The SMILES string of the molecule is COc1cc2nccc(Oc3ccc(NC(=O)c4cc(C)on4)cc3F)c2cc1OC.O=C(O)C(F)(F)F. The Labute approximate surface area is 211 Å². The van der Waals surface area contributed by atoms with Gasteiger partial charge < -0.3 is 29.2 Å². The number of anilines is 1. The lowest BCUT2D eigenvalue weighted by atomic mass is 10.2. The van der Waals surface area contributed by atoms with E-state index in [0.29, 0.717) is 33.9 Å². The first-order valence-electron chi connectivity index (χ1n) is 10.5. The predicted octanol–water partition coefficient (Wildman–Crippen LogP) is 5.37. The van der Waals surface area contributed by atoms with Gasteiger partial charge in [-0.2, -0.15) is 13.2 Å². The van der Waals surface area contributed by atoms with Crippen LogP contribution < -0.4 is 19.5 Å². The van der Waals surface area contributed by atoms with Crippen molar-refractivity contribution in [2.45, 2.75) is 13.1 Å². The molecule has 0 atom stereocenters. The maximum atomic E-state index is 14.7. The highest BCUT2D eigenvalue weighted by Crippen LogP contribution is 2.37. The molecular formula is C24H19F4N3O7. The molecule has 0 spiro atoms. The summed E-state index contributed by atoms with van der Waals surface area (Å²) < 4.78 is 67.7. The summed E-state index contributed by atoms with van der Waals surface area (Å²) in [5, 5.41) is 13.9. The Bertz CT molecular complexity index is 1470. The number of carboxylic acids is 1. The third-order valence-electron chi connectivity index (χ3n) is 4.72. The smallest absolute Gasteiger partial charge is 0.490 e. The molecule has 2 N–H and O–H groups in total. The zero-order valence-corrected chi connectivity index (χ0v) is 19.9. The number of pyridine rings is 1. The molecule has 2 aromatic heterocycles. The van der Waals surface area contributed by atoms with Crippen LogP contribution >= 0.6 is 0 Å². The van der Waals surface area contributed by atoms with Gasteiger partial charge >= 0.3 is 12.1 Å². The van der Waals surface area contributed by atoms with E-state index >= 15 is 0 Å². The molecule has 0 aliphatic carbocycles. The number of aryl methyl sites for hydroxylation is 1. The van der Waals surface area contributed by atoms with E-state index < -0.39 is 23.9 Å². The van der Waals surface area contributed by atoms with Gasteiger partial charge in [-0.1, -0.05) is 5.16 Å². The van der Waals surface area contributed by atoms with Gasteiger partial charge in [-0.15, -0.1) is 0 Å². The van der Waals surface area contributed by atoms with Gasteiger partial charge in [-0.05, 0) is 31.2 Å². The Morgan fingerprint density at radius 3 is 2.18 bits per heavy atom. The number of fused-ring (bicyclic) bond motifs is 1. The molecule has 4 aromatic rings. The number of alkyl halides is 3. The van der Waals surface area contributed by atoms with Crippen molar-refractivity contribution in [3.05, 3.63) is 65.9 Å². The van der Waals surface area contributed by atoms with Gasteiger partial charge in [0.15, 0.2) is 28.8 Å². The number of nitrogens with zero attached hydrogens (tertiary/aromatic N) is 2. The normalized spacial score (nSPS) is 10.8. The molecule has 0 aliphatic heterocycles. The van der Waals surface area contributed by atoms with Crippen molar-refractivity contribution in [1.82, 2.24) is 10.1 Å². The summed E-state index contributed by atoms with van der Waals surface area (Å²) >= 11 is 0. The minimum Gasteiger partial charge on any atom is -0.493 e. The van der Waals surface area contributed by atoms with Gasteiger partial charge in [-0.25, -0.2) is 9.18 Å². The molecule has 0 bridgehead atoms. The summed E-state index contributed by atoms with van der Waals surface area (Å²) in [6, 6.07) is 10.6. The first kappa shape index (κ1) is 27.7. The van der Waals surface area contributed by atoms with E-state index in [4.69, 9.17) is 28.6 Å². The molecule has 2 heterocycles. The minimum absolute atomic E-state index is 0.0161. The van der Waals surface area contributed by atoms with Crippen LogP contribution in [0.15, 0.2) is 53.2 Å². The quantitative estimate of drug-likeness (QED) is 0.312.